The topological polar surface area (TPSA) is 8.81 Å². The number of aryl methyl sites for hydroxylation is 1. The highest BCUT2D eigenvalue weighted by Crippen LogP contribution is 2.14. The number of halogens is 1. The number of aromatic nitrogens is 2. The lowest BCUT2D eigenvalue weighted by atomic mass is 10.1. The summed E-state index contributed by atoms with van der Waals surface area (Å²) in [7, 11) is 0. The highest BCUT2D eigenvalue weighted by molar-refractivity contribution is 7.98. The molecular weight excluding hydrogens is 360 g/mol. The van der Waals surface area contributed by atoms with Crippen molar-refractivity contribution in [2.24, 2.45) is 0 Å². The molecule has 0 saturated carbocycles. The average molecular weight is 397 g/mol. The van der Waals surface area contributed by atoms with Crippen molar-refractivity contribution in [1.29, 1.82) is 0 Å². The number of imidazole rings is 1. The van der Waals surface area contributed by atoms with Crippen LogP contribution in [0.15, 0.2) is 30.6 Å². The van der Waals surface area contributed by atoms with Gasteiger partial charge in [0.15, 0.2) is 11.0 Å². The molecule has 26 heavy (non-hydrogen) atoms. The van der Waals surface area contributed by atoms with Gasteiger partial charge in [0.2, 0.25) is 6.33 Å². The molecule has 0 N–H and O–H groups in total. The summed E-state index contributed by atoms with van der Waals surface area (Å²) in [5.74, 6) is 2.36. The van der Waals surface area contributed by atoms with Crippen molar-refractivity contribution >= 4 is 22.8 Å². The monoisotopic (exact) mass is 396 g/mol. The first-order valence-electron chi connectivity index (χ1n) is 10.4. The third kappa shape index (κ3) is 7.92. The lowest BCUT2D eigenvalue weighted by Gasteiger charge is -2.02. The normalized spacial score (nSPS) is 11.0. The number of benzene rings is 1. The zero-order valence-electron chi connectivity index (χ0n) is 16.8. The summed E-state index contributed by atoms with van der Waals surface area (Å²) in [6, 6.07) is 8.74. The van der Waals surface area contributed by atoms with Crippen molar-refractivity contribution in [3.63, 3.8) is 0 Å². The number of rotatable bonds is 14. The van der Waals surface area contributed by atoms with E-state index in [1.54, 1.807) is 0 Å². The molecular formula is C22H37ClN2S. The van der Waals surface area contributed by atoms with Crippen molar-refractivity contribution in [2.75, 3.05) is 5.75 Å². The Balaban J connectivity index is 0.00000338. The summed E-state index contributed by atoms with van der Waals surface area (Å²) < 4.78 is 4.75. The summed E-state index contributed by atoms with van der Waals surface area (Å²) in [6.07, 6.45) is 16.5. The SMILES string of the molecule is CCCCCCCCCCCCSC[n+]1cn(CC)c2ccccc21.[Cl-]. The van der Waals surface area contributed by atoms with E-state index in [-0.39, 0.29) is 12.4 Å². The van der Waals surface area contributed by atoms with E-state index >= 15 is 0 Å². The third-order valence-corrected chi connectivity index (χ3v) is 6.03. The van der Waals surface area contributed by atoms with Gasteiger partial charge in [0.05, 0.1) is 6.54 Å². The zero-order chi connectivity index (χ0) is 17.7. The van der Waals surface area contributed by atoms with E-state index in [2.05, 4.69) is 65.3 Å². The number of hydrogen-bond donors (Lipinski definition) is 0. The second kappa shape index (κ2) is 14.4. The van der Waals surface area contributed by atoms with Gasteiger partial charge in [0.25, 0.3) is 0 Å². The second-order valence-corrected chi connectivity index (χ2v) is 8.15. The molecule has 0 unspecified atom stereocenters. The molecule has 0 atom stereocenters. The quantitative estimate of drug-likeness (QED) is 0.350. The molecule has 1 heterocycles. The van der Waals surface area contributed by atoms with Crippen LogP contribution in [0, 0.1) is 0 Å². The van der Waals surface area contributed by atoms with Crippen LogP contribution in [0.1, 0.15) is 78.1 Å². The number of fused-ring (bicyclic) bond motifs is 1. The predicted molar refractivity (Wildman–Crippen MR) is 112 cm³/mol. The molecule has 1 aromatic heterocycles. The van der Waals surface area contributed by atoms with Crippen molar-refractivity contribution in [2.45, 2.75) is 90.5 Å². The summed E-state index contributed by atoms with van der Waals surface area (Å²) in [5.41, 5.74) is 2.71. The molecule has 2 rings (SSSR count). The Bertz CT molecular complexity index is 597. The predicted octanol–water partition coefficient (Wildman–Crippen LogP) is 3.56. The third-order valence-electron chi connectivity index (χ3n) is 4.99. The Morgan fingerprint density at radius 1 is 0.846 bits per heavy atom. The summed E-state index contributed by atoms with van der Waals surface area (Å²) in [6.45, 7) is 5.54. The minimum atomic E-state index is 0. The second-order valence-electron chi connectivity index (χ2n) is 7.08. The van der Waals surface area contributed by atoms with Gasteiger partial charge in [-0.1, -0.05) is 76.8 Å². The van der Waals surface area contributed by atoms with Gasteiger partial charge in [0, 0.05) is 0 Å². The van der Waals surface area contributed by atoms with E-state index < -0.39 is 0 Å². The van der Waals surface area contributed by atoms with Gasteiger partial charge in [-0.15, -0.1) is 11.8 Å². The van der Waals surface area contributed by atoms with Gasteiger partial charge in [-0.3, -0.25) is 0 Å². The van der Waals surface area contributed by atoms with E-state index in [4.69, 9.17) is 0 Å². The van der Waals surface area contributed by atoms with Crippen molar-refractivity contribution < 1.29 is 17.0 Å². The Morgan fingerprint density at radius 3 is 2.12 bits per heavy atom. The van der Waals surface area contributed by atoms with E-state index in [9.17, 15) is 0 Å². The average Bonchev–Trinajstić information content (AvgIpc) is 3.01. The summed E-state index contributed by atoms with van der Waals surface area (Å²) >= 11 is 2.07. The largest absolute Gasteiger partial charge is 1.00 e. The Labute approximate surface area is 171 Å². The molecule has 0 aliphatic heterocycles. The maximum atomic E-state index is 2.40. The van der Waals surface area contributed by atoms with Crippen LogP contribution in [0.25, 0.3) is 11.0 Å². The van der Waals surface area contributed by atoms with E-state index in [0.717, 1.165) is 12.4 Å². The first-order valence-corrected chi connectivity index (χ1v) is 11.6. The fourth-order valence-corrected chi connectivity index (χ4v) is 4.39. The van der Waals surface area contributed by atoms with Crippen molar-refractivity contribution in [3.8, 4) is 0 Å². The first-order chi connectivity index (χ1) is 12.4. The Kier molecular flexibility index (Phi) is 12.9. The molecule has 148 valence electrons. The Hall–Kier alpha value is -0.670. The van der Waals surface area contributed by atoms with Gasteiger partial charge >= 0.3 is 0 Å². The van der Waals surface area contributed by atoms with Crippen LogP contribution in [0.3, 0.4) is 0 Å². The van der Waals surface area contributed by atoms with Crippen LogP contribution in [-0.2, 0) is 12.4 Å². The number of hydrogen-bond acceptors (Lipinski definition) is 1. The van der Waals surface area contributed by atoms with Crippen LogP contribution in [0.5, 0.6) is 0 Å². The molecule has 0 spiro atoms. The lowest BCUT2D eigenvalue weighted by molar-refractivity contribution is -0.650. The van der Waals surface area contributed by atoms with Crippen LogP contribution < -0.4 is 17.0 Å². The van der Waals surface area contributed by atoms with Crippen molar-refractivity contribution in [3.05, 3.63) is 30.6 Å². The number of para-hydroxylation sites is 2. The molecule has 2 aromatic rings. The highest BCUT2D eigenvalue weighted by Gasteiger charge is 2.13. The van der Waals surface area contributed by atoms with Gasteiger partial charge in [-0.25, -0.2) is 9.13 Å². The fraction of sp³-hybridized carbons (Fsp3) is 0.682. The molecule has 0 aliphatic rings. The number of thioether (sulfide) groups is 1. The minimum absolute atomic E-state index is 0. The molecule has 0 aliphatic carbocycles. The van der Waals surface area contributed by atoms with Crippen LogP contribution in [0.4, 0.5) is 0 Å². The highest BCUT2D eigenvalue weighted by atomic mass is 35.5. The zero-order valence-corrected chi connectivity index (χ0v) is 18.3. The molecule has 0 bridgehead atoms. The summed E-state index contributed by atoms with van der Waals surface area (Å²) in [5, 5.41) is 0. The summed E-state index contributed by atoms with van der Waals surface area (Å²) in [4.78, 5) is 0. The van der Waals surface area contributed by atoms with Crippen LogP contribution in [0.2, 0.25) is 0 Å². The maximum Gasteiger partial charge on any atom is 0.245 e. The standard InChI is InChI=1S/C22H37N2S.ClH/c1-3-5-6-7-8-9-10-11-12-15-18-25-20-24-19-23(4-2)21-16-13-14-17-22(21)24;/h13-14,16-17,19H,3-12,15,18,20H2,1-2H3;1H/q+1;/p-1. The number of unbranched alkanes of at least 4 members (excludes halogenated alkanes) is 9. The van der Waals surface area contributed by atoms with Gasteiger partial charge in [-0.2, -0.15) is 0 Å². The van der Waals surface area contributed by atoms with Gasteiger partial charge in [0.1, 0.15) is 5.88 Å². The molecule has 0 amide bonds. The van der Waals surface area contributed by atoms with E-state index in [1.807, 2.05) is 0 Å². The minimum Gasteiger partial charge on any atom is -1.00 e. The first kappa shape index (κ1) is 23.4. The lowest BCUT2D eigenvalue weighted by Crippen LogP contribution is -3.00. The van der Waals surface area contributed by atoms with Gasteiger partial charge in [-0.05, 0) is 31.2 Å². The van der Waals surface area contributed by atoms with Crippen LogP contribution in [-0.4, -0.2) is 10.3 Å². The maximum absolute atomic E-state index is 2.40. The molecule has 1 aromatic carbocycles. The molecule has 2 nitrogen and oxygen atoms in total. The fourth-order valence-electron chi connectivity index (χ4n) is 3.45. The molecule has 0 radical (unpaired) electrons. The molecule has 0 fully saturated rings. The van der Waals surface area contributed by atoms with E-state index in [0.29, 0.717) is 0 Å². The van der Waals surface area contributed by atoms with E-state index in [1.165, 1.54) is 81.0 Å². The number of nitrogens with zero attached hydrogens (tertiary/aromatic N) is 2. The molecule has 4 heteroatoms. The Morgan fingerprint density at radius 2 is 1.46 bits per heavy atom. The smallest absolute Gasteiger partial charge is 0.245 e. The van der Waals surface area contributed by atoms with Crippen LogP contribution >= 0.6 is 11.8 Å². The van der Waals surface area contributed by atoms with Crippen molar-refractivity contribution in [1.82, 2.24) is 4.57 Å². The molecule has 0 saturated heterocycles. The van der Waals surface area contributed by atoms with Gasteiger partial charge < -0.3 is 12.4 Å².